The van der Waals surface area contributed by atoms with Crippen LogP contribution in [0.2, 0.25) is 5.02 Å². The minimum Gasteiger partial charge on any atom is -0.350 e. The number of rotatable bonds is 6. The zero-order valence-electron chi connectivity index (χ0n) is 14.4. The van der Waals surface area contributed by atoms with Crippen LogP contribution in [-0.2, 0) is 6.42 Å². The summed E-state index contributed by atoms with van der Waals surface area (Å²) in [5, 5.41) is 8.40. The van der Waals surface area contributed by atoms with Gasteiger partial charge in [-0.2, -0.15) is 5.10 Å². The molecule has 26 heavy (non-hydrogen) atoms. The summed E-state index contributed by atoms with van der Waals surface area (Å²) < 4.78 is 1.75. The molecule has 0 atom stereocenters. The fraction of sp³-hybridized carbons (Fsp3) is 0.238. The highest BCUT2D eigenvalue weighted by molar-refractivity contribution is 6.30. The van der Waals surface area contributed by atoms with Gasteiger partial charge in [0.25, 0.3) is 5.91 Å². The summed E-state index contributed by atoms with van der Waals surface area (Å²) in [5.41, 5.74) is 3.60. The molecule has 0 aliphatic heterocycles. The zero-order chi connectivity index (χ0) is 17.9. The number of hydrogen-bond acceptors (Lipinski definition) is 2. The third-order valence-electron chi connectivity index (χ3n) is 4.55. The van der Waals surface area contributed by atoms with Crippen LogP contribution < -0.4 is 5.32 Å². The minimum atomic E-state index is -0.102. The van der Waals surface area contributed by atoms with Crippen molar-refractivity contribution in [2.24, 2.45) is 0 Å². The van der Waals surface area contributed by atoms with Crippen LogP contribution >= 0.6 is 11.6 Å². The Hall–Kier alpha value is -2.59. The molecule has 2 aromatic carbocycles. The first-order valence-electron chi connectivity index (χ1n) is 8.89. The molecule has 1 aliphatic rings. The molecule has 0 spiro atoms. The fourth-order valence-electron chi connectivity index (χ4n) is 3.01. The van der Waals surface area contributed by atoms with Crippen molar-refractivity contribution in [1.82, 2.24) is 15.1 Å². The normalized spacial score (nSPS) is 13.6. The van der Waals surface area contributed by atoms with Gasteiger partial charge in [0.1, 0.15) is 5.69 Å². The summed E-state index contributed by atoms with van der Waals surface area (Å²) in [4.78, 5) is 12.8. The van der Waals surface area contributed by atoms with Crippen LogP contribution in [-0.4, -0.2) is 22.2 Å². The molecular formula is C21H20ClN3O. The van der Waals surface area contributed by atoms with Crippen molar-refractivity contribution in [3.8, 4) is 5.69 Å². The fourth-order valence-corrected chi connectivity index (χ4v) is 3.22. The summed E-state index contributed by atoms with van der Waals surface area (Å²) in [6, 6.07) is 19.4. The van der Waals surface area contributed by atoms with E-state index in [0.717, 1.165) is 36.2 Å². The molecule has 5 heteroatoms. The quantitative estimate of drug-likeness (QED) is 0.704. The van der Waals surface area contributed by atoms with E-state index in [1.807, 2.05) is 60.7 Å². The Bertz CT molecular complexity index is 916. The first-order chi connectivity index (χ1) is 12.7. The number of amides is 1. The molecule has 0 unspecified atom stereocenters. The Morgan fingerprint density at radius 1 is 1.12 bits per heavy atom. The number of para-hydroxylation sites is 1. The Morgan fingerprint density at radius 3 is 2.65 bits per heavy atom. The standard InChI is InChI=1S/C21H20ClN3O/c22-17-6-4-5-15(13-17)11-12-23-21(26)20-14-19(16-9-10-16)24-25(20)18-7-2-1-3-8-18/h1-8,13-14,16H,9-12H2,(H,23,26). The maximum Gasteiger partial charge on any atom is 0.270 e. The number of benzene rings is 2. The second kappa shape index (κ2) is 7.34. The van der Waals surface area contributed by atoms with Gasteiger partial charge in [-0.25, -0.2) is 4.68 Å². The molecule has 1 heterocycles. The molecule has 1 saturated carbocycles. The topological polar surface area (TPSA) is 46.9 Å². The monoisotopic (exact) mass is 365 g/mol. The molecule has 1 N–H and O–H groups in total. The Labute approximate surface area is 157 Å². The SMILES string of the molecule is O=C(NCCc1cccc(Cl)c1)c1cc(C2CC2)nn1-c1ccccc1. The summed E-state index contributed by atoms with van der Waals surface area (Å²) in [5.74, 6) is 0.397. The zero-order valence-corrected chi connectivity index (χ0v) is 15.1. The van der Waals surface area contributed by atoms with Crippen molar-refractivity contribution in [3.05, 3.63) is 82.6 Å². The van der Waals surface area contributed by atoms with E-state index in [1.54, 1.807) is 4.68 Å². The number of nitrogens with zero attached hydrogens (tertiary/aromatic N) is 2. The molecule has 4 nitrogen and oxygen atoms in total. The van der Waals surface area contributed by atoms with E-state index in [4.69, 9.17) is 11.6 Å². The lowest BCUT2D eigenvalue weighted by Crippen LogP contribution is -2.27. The van der Waals surface area contributed by atoms with Crippen molar-refractivity contribution < 1.29 is 4.79 Å². The van der Waals surface area contributed by atoms with Gasteiger partial charge >= 0.3 is 0 Å². The number of nitrogens with one attached hydrogen (secondary N) is 1. The maximum atomic E-state index is 12.8. The summed E-state index contributed by atoms with van der Waals surface area (Å²) in [6.07, 6.45) is 3.05. The third kappa shape index (κ3) is 3.81. The molecular weight excluding hydrogens is 346 g/mol. The van der Waals surface area contributed by atoms with Crippen LogP contribution in [0.15, 0.2) is 60.7 Å². The lowest BCUT2D eigenvalue weighted by molar-refractivity contribution is 0.0946. The second-order valence-corrected chi connectivity index (χ2v) is 7.05. The van der Waals surface area contributed by atoms with Gasteiger partial charge < -0.3 is 5.32 Å². The lowest BCUT2D eigenvalue weighted by atomic mass is 10.1. The van der Waals surface area contributed by atoms with Crippen LogP contribution in [0.5, 0.6) is 0 Å². The predicted molar refractivity (Wildman–Crippen MR) is 103 cm³/mol. The van der Waals surface area contributed by atoms with Gasteiger partial charge in [-0.05, 0) is 55.2 Å². The average molecular weight is 366 g/mol. The highest BCUT2D eigenvalue weighted by Crippen LogP contribution is 2.39. The first-order valence-corrected chi connectivity index (χ1v) is 9.26. The summed E-state index contributed by atoms with van der Waals surface area (Å²) in [7, 11) is 0. The van der Waals surface area contributed by atoms with E-state index < -0.39 is 0 Å². The lowest BCUT2D eigenvalue weighted by Gasteiger charge is -2.08. The van der Waals surface area contributed by atoms with Crippen molar-refractivity contribution in [1.29, 1.82) is 0 Å². The summed E-state index contributed by atoms with van der Waals surface area (Å²) in [6.45, 7) is 0.553. The van der Waals surface area contributed by atoms with Crippen molar-refractivity contribution in [3.63, 3.8) is 0 Å². The average Bonchev–Trinajstić information content (AvgIpc) is 3.41. The van der Waals surface area contributed by atoms with Gasteiger partial charge in [0.15, 0.2) is 0 Å². The number of aromatic nitrogens is 2. The largest absolute Gasteiger partial charge is 0.350 e. The van der Waals surface area contributed by atoms with Gasteiger partial charge in [-0.1, -0.05) is 41.9 Å². The highest BCUT2D eigenvalue weighted by atomic mass is 35.5. The molecule has 1 aliphatic carbocycles. The number of halogens is 1. The smallest absolute Gasteiger partial charge is 0.270 e. The predicted octanol–water partition coefficient (Wildman–Crippen LogP) is 4.38. The summed E-state index contributed by atoms with van der Waals surface area (Å²) >= 11 is 6.01. The highest BCUT2D eigenvalue weighted by Gasteiger charge is 2.28. The van der Waals surface area contributed by atoms with Crippen LogP contribution in [0, 0.1) is 0 Å². The molecule has 3 aromatic rings. The second-order valence-electron chi connectivity index (χ2n) is 6.61. The van der Waals surface area contributed by atoms with E-state index in [0.29, 0.717) is 23.2 Å². The molecule has 0 radical (unpaired) electrons. The molecule has 1 aromatic heterocycles. The molecule has 0 bridgehead atoms. The van der Waals surface area contributed by atoms with E-state index in [-0.39, 0.29) is 5.91 Å². The third-order valence-corrected chi connectivity index (χ3v) is 4.78. The number of hydrogen-bond donors (Lipinski definition) is 1. The van der Waals surface area contributed by atoms with E-state index in [2.05, 4.69) is 10.4 Å². The minimum absolute atomic E-state index is 0.102. The van der Waals surface area contributed by atoms with Crippen LogP contribution in [0.1, 0.15) is 40.5 Å². The number of carbonyl (C=O) groups excluding carboxylic acids is 1. The van der Waals surface area contributed by atoms with Crippen molar-refractivity contribution in [2.45, 2.75) is 25.2 Å². The van der Waals surface area contributed by atoms with E-state index in [9.17, 15) is 4.79 Å². The Kier molecular flexibility index (Phi) is 4.76. The molecule has 4 rings (SSSR count). The first kappa shape index (κ1) is 16.9. The van der Waals surface area contributed by atoms with E-state index >= 15 is 0 Å². The van der Waals surface area contributed by atoms with Gasteiger partial charge in [-0.3, -0.25) is 4.79 Å². The van der Waals surface area contributed by atoms with Gasteiger partial charge in [0, 0.05) is 17.5 Å². The maximum absolute atomic E-state index is 12.8. The molecule has 132 valence electrons. The van der Waals surface area contributed by atoms with Crippen LogP contribution in [0.25, 0.3) is 5.69 Å². The van der Waals surface area contributed by atoms with Gasteiger partial charge in [0.05, 0.1) is 11.4 Å². The molecule has 1 amide bonds. The van der Waals surface area contributed by atoms with Gasteiger partial charge in [-0.15, -0.1) is 0 Å². The Balaban J connectivity index is 1.50. The van der Waals surface area contributed by atoms with Crippen molar-refractivity contribution in [2.75, 3.05) is 6.54 Å². The van der Waals surface area contributed by atoms with E-state index in [1.165, 1.54) is 0 Å². The van der Waals surface area contributed by atoms with Crippen LogP contribution in [0.4, 0.5) is 0 Å². The number of carbonyl (C=O) groups is 1. The van der Waals surface area contributed by atoms with Crippen LogP contribution in [0.3, 0.4) is 0 Å². The molecule has 1 fully saturated rings. The van der Waals surface area contributed by atoms with Crippen molar-refractivity contribution >= 4 is 17.5 Å². The Morgan fingerprint density at radius 2 is 1.92 bits per heavy atom. The van der Waals surface area contributed by atoms with Gasteiger partial charge in [0.2, 0.25) is 0 Å². The molecule has 0 saturated heterocycles.